The van der Waals surface area contributed by atoms with Crippen molar-refractivity contribution < 1.29 is 19.4 Å². The molecule has 20 heavy (non-hydrogen) atoms. The van der Waals surface area contributed by atoms with Gasteiger partial charge in [-0.15, -0.1) is 0 Å². The Labute approximate surface area is 118 Å². The molecule has 2 rings (SSSR count). The fourth-order valence-electron chi connectivity index (χ4n) is 2.42. The predicted octanol–water partition coefficient (Wildman–Crippen LogP) is 1.84. The van der Waals surface area contributed by atoms with E-state index in [0.717, 1.165) is 18.4 Å². The van der Waals surface area contributed by atoms with E-state index >= 15 is 0 Å². The summed E-state index contributed by atoms with van der Waals surface area (Å²) in [4.78, 5) is 24.7. The van der Waals surface area contributed by atoms with Crippen molar-refractivity contribution in [1.29, 1.82) is 0 Å². The molecule has 0 aliphatic carbocycles. The van der Waals surface area contributed by atoms with Gasteiger partial charge in [0.05, 0.1) is 0 Å². The van der Waals surface area contributed by atoms with Crippen LogP contribution in [-0.2, 0) is 9.59 Å². The number of carboxylic acids is 1. The lowest BCUT2D eigenvalue weighted by Crippen LogP contribution is -2.49. The van der Waals surface area contributed by atoms with E-state index in [1.165, 1.54) is 4.90 Å². The summed E-state index contributed by atoms with van der Waals surface area (Å²) in [6.07, 6.45) is 2.21. The van der Waals surface area contributed by atoms with Gasteiger partial charge in [-0.25, -0.2) is 4.79 Å². The normalized spacial score (nSPS) is 18.6. The van der Waals surface area contributed by atoms with Crippen molar-refractivity contribution in [2.45, 2.75) is 32.2 Å². The summed E-state index contributed by atoms with van der Waals surface area (Å²) in [5.74, 6) is -0.575. The maximum absolute atomic E-state index is 12.1. The van der Waals surface area contributed by atoms with Crippen LogP contribution in [0.1, 0.15) is 24.8 Å². The number of benzene rings is 1. The molecule has 1 N–H and O–H groups in total. The van der Waals surface area contributed by atoms with Crippen LogP contribution in [0.5, 0.6) is 5.75 Å². The lowest BCUT2D eigenvalue weighted by molar-refractivity contribution is -0.152. The summed E-state index contributed by atoms with van der Waals surface area (Å²) in [6, 6.07) is 6.72. The molecule has 1 atom stereocenters. The average Bonchev–Trinajstić information content (AvgIpc) is 2.45. The zero-order valence-corrected chi connectivity index (χ0v) is 11.5. The van der Waals surface area contributed by atoms with E-state index in [9.17, 15) is 9.59 Å². The number of carbonyl (C=O) groups excluding carboxylic acids is 1. The molecule has 1 saturated heterocycles. The molecule has 0 bridgehead atoms. The molecule has 0 spiro atoms. The molecule has 0 unspecified atom stereocenters. The smallest absolute Gasteiger partial charge is 0.326 e. The summed E-state index contributed by atoms with van der Waals surface area (Å²) in [5.41, 5.74) is 1.05. The van der Waals surface area contributed by atoms with Crippen LogP contribution in [0.15, 0.2) is 24.3 Å². The molecule has 5 heteroatoms. The van der Waals surface area contributed by atoms with Crippen molar-refractivity contribution in [2.24, 2.45) is 0 Å². The van der Waals surface area contributed by atoms with Gasteiger partial charge in [0.1, 0.15) is 11.8 Å². The number of carboxylic acid groups (broad SMARTS) is 1. The summed E-state index contributed by atoms with van der Waals surface area (Å²) < 4.78 is 5.45. The Morgan fingerprint density at radius 1 is 1.40 bits per heavy atom. The second kappa shape index (κ2) is 6.41. The fraction of sp³-hybridized carbons (Fsp3) is 0.467. The maximum Gasteiger partial charge on any atom is 0.326 e. The Morgan fingerprint density at radius 2 is 2.20 bits per heavy atom. The lowest BCUT2D eigenvalue weighted by atomic mass is 10.0. The van der Waals surface area contributed by atoms with Crippen LogP contribution in [0, 0.1) is 6.92 Å². The minimum Gasteiger partial charge on any atom is -0.484 e. The zero-order valence-electron chi connectivity index (χ0n) is 11.5. The van der Waals surface area contributed by atoms with E-state index < -0.39 is 12.0 Å². The highest BCUT2D eigenvalue weighted by atomic mass is 16.5. The molecule has 0 aromatic heterocycles. The van der Waals surface area contributed by atoms with Gasteiger partial charge in [0.15, 0.2) is 6.61 Å². The predicted molar refractivity (Wildman–Crippen MR) is 73.7 cm³/mol. The monoisotopic (exact) mass is 277 g/mol. The molecule has 1 aliphatic heterocycles. The summed E-state index contributed by atoms with van der Waals surface area (Å²) in [7, 11) is 0. The summed E-state index contributed by atoms with van der Waals surface area (Å²) >= 11 is 0. The largest absolute Gasteiger partial charge is 0.484 e. The number of rotatable bonds is 4. The third-order valence-corrected chi connectivity index (χ3v) is 3.46. The summed E-state index contributed by atoms with van der Waals surface area (Å²) in [6.45, 7) is 2.32. The first kappa shape index (κ1) is 14.4. The highest BCUT2D eigenvalue weighted by Gasteiger charge is 2.31. The zero-order chi connectivity index (χ0) is 14.5. The van der Waals surface area contributed by atoms with Crippen LogP contribution in [0.4, 0.5) is 0 Å². The van der Waals surface area contributed by atoms with Crippen LogP contribution in [0.2, 0.25) is 0 Å². The first-order valence-corrected chi connectivity index (χ1v) is 6.79. The van der Waals surface area contributed by atoms with E-state index in [1.54, 1.807) is 6.07 Å². The SMILES string of the molecule is Cc1cccc(OCC(=O)N2CCCC[C@@H]2C(=O)O)c1. The number of amides is 1. The van der Waals surface area contributed by atoms with Crippen LogP contribution < -0.4 is 4.74 Å². The molecular formula is C15H19NO4. The molecule has 1 heterocycles. The maximum atomic E-state index is 12.1. The first-order valence-electron chi connectivity index (χ1n) is 6.79. The summed E-state index contributed by atoms with van der Waals surface area (Å²) in [5, 5.41) is 9.14. The minimum absolute atomic E-state index is 0.118. The Bertz CT molecular complexity index is 500. The number of aryl methyl sites for hydroxylation is 1. The first-order chi connectivity index (χ1) is 9.58. The van der Waals surface area contributed by atoms with Gasteiger partial charge >= 0.3 is 5.97 Å². The molecule has 0 radical (unpaired) electrons. The van der Waals surface area contributed by atoms with Crippen molar-refractivity contribution in [3.05, 3.63) is 29.8 Å². The number of carbonyl (C=O) groups is 2. The van der Waals surface area contributed by atoms with Crippen molar-refractivity contribution >= 4 is 11.9 Å². The highest BCUT2D eigenvalue weighted by molar-refractivity contribution is 5.84. The number of hydrogen-bond acceptors (Lipinski definition) is 3. The molecule has 1 aromatic carbocycles. The van der Waals surface area contributed by atoms with Crippen LogP contribution in [-0.4, -0.2) is 41.1 Å². The lowest BCUT2D eigenvalue weighted by Gasteiger charge is -2.32. The molecule has 5 nitrogen and oxygen atoms in total. The molecule has 1 amide bonds. The van der Waals surface area contributed by atoms with E-state index in [-0.39, 0.29) is 12.5 Å². The molecule has 1 aromatic rings. The van der Waals surface area contributed by atoms with Gasteiger partial charge in [-0.05, 0) is 43.9 Å². The average molecular weight is 277 g/mol. The van der Waals surface area contributed by atoms with Gasteiger partial charge < -0.3 is 14.7 Å². The van der Waals surface area contributed by atoms with Crippen LogP contribution in [0.3, 0.4) is 0 Å². The quantitative estimate of drug-likeness (QED) is 0.912. The molecule has 1 aliphatic rings. The number of nitrogens with zero attached hydrogens (tertiary/aromatic N) is 1. The topological polar surface area (TPSA) is 66.8 Å². The second-order valence-corrected chi connectivity index (χ2v) is 5.04. The van der Waals surface area contributed by atoms with Gasteiger partial charge in [0.2, 0.25) is 0 Å². The third-order valence-electron chi connectivity index (χ3n) is 3.46. The number of aliphatic carboxylic acids is 1. The van der Waals surface area contributed by atoms with E-state index in [4.69, 9.17) is 9.84 Å². The van der Waals surface area contributed by atoms with E-state index in [0.29, 0.717) is 18.7 Å². The second-order valence-electron chi connectivity index (χ2n) is 5.04. The van der Waals surface area contributed by atoms with E-state index in [2.05, 4.69) is 0 Å². The van der Waals surface area contributed by atoms with Gasteiger partial charge in [0, 0.05) is 6.54 Å². The minimum atomic E-state index is -0.936. The Balaban J connectivity index is 1.95. The third kappa shape index (κ3) is 3.50. The van der Waals surface area contributed by atoms with Crippen molar-refractivity contribution in [3.63, 3.8) is 0 Å². The van der Waals surface area contributed by atoms with Gasteiger partial charge in [-0.2, -0.15) is 0 Å². The van der Waals surface area contributed by atoms with Crippen LogP contribution in [0.25, 0.3) is 0 Å². The molecule has 1 fully saturated rings. The van der Waals surface area contributed by atoms with Gasteiger partial charge in [-0.3, -0.25) is 4.79 Å². The number of hydrogen-bond donors (Lipinski definition) is 1. The molecule has 0 saturated carbocycles. The van der Waals surface area contributed by atoms with Gasteiger partial charge in [-0.1, -0.05) is 12.1 Å². The van der Waals surface area contributed by atoms with Crippen molar-refractivity contribution in [3.8, 4) is 5.75 Å². The fourth-order valence-corrected chi connectivity index (χ4v) is 2.42. The standard InChI is InChI=1S/C15H19NO4/c1-11-5-4-6-12(9-11)20-10-14(17)16-8-3-2-7-13(16)15(18)19/h4-6,9,13H,2-3,7-8,10H2,1H3,(H,18,19)/t13-/m1/s1. The Morgan fingerprint density at radius 3 is 2.90 bits per heavy atom. The van der Waals surface area contributed by atoms with Crippen LogP contribution >= 0.6 is 0 Å². The Kier molecular flexibility index (Phi) is 4.61. The Hall–Kier alpha value is -2.04. The molecule has 108 valence electrons. The van der Waals surface area contributed by atoms with Gasteiger partial charge in [0.25, 0.3) is 5.91 Å². The molecular weight excluding hydrogens is 258 g/mol. The number of piperidine rings is 1. The van der Waals surface area contributed by atoms with Crippen molar-refractivity contribution in [1.82, 2.24) is 4.90 Å². The highest BCUT2D eigenvalue weighted by Crippen LogP contribution is 2.18. The van der Waals surface area contributed by atoms with E-state index in [1.807, 2.05) is 25.1 Å². The van der Waals surface area contributed by atoms with Crippen molar-refractivity contribution in [2.75, 3.05) is 13.2 Å². The number of ether oxygens (including phenoxy) is 1. The number of likely N-dealkylation sites (tertiary alicyclic amines) is 1.